The molecule has 0 amide bonds. The van der Waals surface area contributed by atoms with Gasteiger partial charge in [0.15, 0.2) is 0 Å². The van der Waals surface area contributed by atoms with Gasteiger partial charge in [0.05, 0.1) is 4.92 Å². The van der Waals surface area contributed by atoms with Gasteiger partial charge in [-0.1, -0.05) is 36.3 Å². The lowest BCUT2D eigenvalue weighted by molar-refractivity contribution is -0.385. The Morgan fingerprint density at radius 3 is 2.35 bits per heavy atom. The van der Waals surface area contributed by atoms with E-state index in [1.807, 2.05) is 30.3 Å². The number of nitro benzene ring substituents is 1. The Balaban J connectivity index is 2.54. The molecule has 3 heteroatoms. The third-order valence-electron chi connectivity index (χ3n) is 2.46. The second-order valence-electron chi connectivity index (χ2n) is 3.50. The van der Waals surface area contributed by atoms with Crippen LogP contribution in [0.25, 0.3) is 11.1 Å². The number of terminal acetylenes is 1. The summed E-state index contributed by atoms with van der Waals surface area (Å²) in [5.41, 5.74) is 2.13. The SMILES string of the molecule is C#Cc1cc(-c2ccccc2)ccc1[N+](=O)[O-]. The summed E-state index contributed by atoms with van der Waals surface area (Å²) in [7, 11) is 0. The van der Waals surface area contributed by atoms with Crippen molar-refractivity contribution in [3.05, 3.63) is 64.2 Å². The first-order valence-corrected chi connectivity index (χ1v) is 5.03. The predicted molar refractivity (Wildman–Crippen MR) is 66.5 cm³/mol. The molecule has 0 radical (unpaired) electrons. The van der Waals surface area contributed by atoms with E-state index in [9.17, 15) is 10.1 Å². The Bertz CT molecular complexity index is 597. The summed E-state index contributed by atoms with van der Waals surface area (Å²) in [5, 5.41) is 10.7. The second-order valence-corrected chi connectivity index (χ2v) is 3.50. The highest BCUT2D eigenvalue weighted by molar-refractivity contribution is 5.68. The minimum Gasteiger partial charge on any atom is -0.258 e. The molecule has 2 rings (SSSR count). The van der Waals surface area contributed by atoms with E-state index in [1.165, 1.54) is 6.07 Å². The Labute approximate surface area is 98.9 Å². The minimum atomic E-state index is -0.468. The smallest absolute Gasteiger partial charge is 0.258 e. The van der Waals surface area contributed by atoms with E-state index >= 15 is 0 Å². The van der Waals surface area contributed by atoms with Gasteiger partial charge in [0.25, 0.3) is 5.69 Å². The van der Waals surface area contributed by atoms with E-state index in [1.54, 1.807) is 12.1 Å². The van der Waals surface area contributed by atoms with Crippen LogP contribution in [0.1, 0.15) is 5.56 Å². The van der Waals surface area contributed by atoms with Crippen molar-refractivity contribution in [2.24, 2.45) is 0 Å². The van der Waals surface area contributed by atoms with E-state index in [0.29, 0.717) is 5.56 Å². The van der Waals surface area contributed by atoms with Gasteiger partial charge in [-0.25, -0.2) is 0 Å². The van der Waals surface area contributed by atoms with Crippen molar-refractivity contribution in [1.29, 1.82) is 0 Å². The molecule has 3 nitrogen and oxygen atoms in total. The maximum Gasteiger partial charge on any atom is 0.284 e. The van der Waals surface area contributed by atoms with Crippen LogP contribution < -0.4 is 0 Å². The monoisotopic (exact) mass is 223 g/mol. The molecular formula is C14H9NO2. The molecule has 0 atom stereocenters. The maximum atomic E-state index is 10.7. The van der Waals surface area contributed by atoms with Crippen LogP contribution in [-0.4, -0.2) is 4.92 Å². The number of nitrogens with zero attached hydrogens (tertiary/aromatic N) is 1. The summed E-state index contributed by atoms with van der Waals surface area (Å²) >= 11 is 0. The van der Waals surface area contributed by atoms with E-state index in [2.05, 4.69) is 5.92 Å². The van der Waals surface area contributed by atoms with Crippen LogP contribution in [0.2, 0.25) is 0 Å². The molecule has 0 saturated heterocycles. The van der Waals surface area contributed by atoms with Gasteiger partial charge in [0.1, 0.15) is 5.56 Å². The first kappa shape index (κ1) is 10.9. The molecule has 17 heavy (non-hydrogen) atoms. The third kappa shape index (κ3) is 2.16. The average molecular weight is 223 g/mol. The van der Waals surface area contributed by atoms with Crippen LogP contribution in [0.15, 0.2) is 48.5 Å². The van der Waals surface area contributed by atoms with Gasteiger partial charge in [-0.15, -0.1) is 6.42 Å². The van der Waals surface area contributed by atoms with Crippen molar-refractivity contribution in [3.63, 3.8) is 0 Å². The largest absolute Gasteiger partial charge is 0.284 e. The molecule has 0 unspecified atom stereocenters. The van der Waals surface area contributed by atoms with Crippen molar-refractivity contribution in [3.8, 4) is 23.5 Å². The first-order valence-electron chi connectivity index (χ1n) is 5.03. The molecule has 0 saturated carbocycles. The van der Waals surface area contributed by atoms with Gasteiger partial charge >= 0.3 is 0 Å². The number of hydrogen-bond donors (Lipinski definition) is 0. The fourth-order valence-corrected chi connectivity index (χ4v) is 1.62. The molecule has 0 aromatic heterocycles. The van der Waals surface area contributed by atoms with Gasteiger partial charge < -0.3 is 0 Å². The van der Waals surface area contributed by atoms with E-state index in [-0.39, 0.29) is 5.69 Å². The molecule has 0 aliphatic carbocycles. The standard InChI is InChI=1S/C14H9NO2/c1-2-11-10-13(8-9-14(11)15(16)17)12-6-4-3-5-7-12/h1,3-10H. The van der Waals surface area contributed by atoms with E-state index in [0.717, 1.165) is 11.1 Å². The maximum absolute atomic E-state index is 10.7. The van der Waals surface area contributed by atoms with Crippen molar-refractivity contribution in [2.75, 3.05) is 0 Å². The third-order valence-corrected chi connectivity index (χ3v) is 2.46. The Kier molecular flexibility index (Phi) is 2.89. The summed E-state index contributed by atoms with van der Waals surface area (Å²) in [6, 6.07) is 14.4. The Morgan fingerprint density at radius 1 is 1.06 bits per heavy atom. The van der Waals surface area contributed by atoms with Crippen molar-refractivity contribution < 1.29 is 4.92 Å². The van der Waals surface area contributed by atoms with Crippen molar-refractivity contribution in [2.45, 2.75) is 0 Å². The molecule has 0 N–H and O–H groups in total. The number of rotatable bonds is 2. The second kappa shape index (κ2) is 4.50. The molecule has 0 fully saturated rings. The zero-order valence-electron chi connectivity index (χ0n) is 8.96. The average Bonchev–Trinajstić information content (AvgIpc) is 2.39. The molecule has 0 spiro atoms. The zero-order valence-corrected chi connectivity index (χ0v) is 8.96. The highest BCUT2D eigenvalue weighted by Crippen LogP contribution is 2.25. The normalized spacial score (nSPS) is 9.59. The summed E-state index contributed by atoms with van der Waals surface area (Å²) < 4.78 is 0. The number of benzene rings is 2. The Hall–Kier alpha value is -2.60. The molecule has 0 aliphatic rings. The van der Waals surface area contributed by atoms with Crippen molar-refractivity contribution >= 4 is 5.69 Å². The Morgan fingerprint density at radius 2 is 1.76 bits per heavy atom. The van der Waals surface area contributed by atoms with Gasteiger partial charge in [-0.3, -0.25) is 10.1 Å². The predicted octanol–water partition coefficient (Wildman–Crippen LogP) is 3.24. The lowest BCUT2D eigenvalue weighted by atomic mass is 10.0. The molecule has 2 aromatic carbocycles. The van der Waals surface area contributed by atoms with Crippen LogP contribution >= 0.6 is 0 Å². The topological polar surface area (TPSA) is 43.1 Å². The summed E-state index contributed by atoms with van der Waals surface area (Å²) in [6.45, 7) is 0. The number of hydrogen-bond acceptors (Lipinski definition) is 2. The van der Waals surface area contributed by atoms with Crippen molar-refractivity contribution in [1.82, 2.24) is 0 Å². The fraction of sp³-hybridized carbons (Fsp3) is 0. The van der Waals surface area contributed by atoms with Crippen LogP contribution in [0, 0.1) is 22.5 Å². The van der Waals surface area contributed by atoms with Crippen LogP contribution in [0.3, 0.4) is 0 Å². The molecule has 0 heterocycles. The van der Waals surface area contributed by atoms with Gasteiger partial charge in [0, 0.05) is 6.07 Å². The quantitative estimate of drug-likeness (QED) is 0.445. The molecule has 0 aliphatic heterocycles. The molecule has 82 valence electrons. The van der Waals surface area contributed by atoms with E-state index in [4.69, 9.17) is 6.42 Å². The number of nitro groups is 1. The highest BCUT2D eigenvalue weighted by Gasteiger charge is 2.12. The van der Waals surface area contributed by atoms with Crippen LogP contribution in [0.5, 0.6) is 0 Å². The van der Waals surface area contributed by atoms with Crippen LogP contribution in [0.4, 0.5) is 5.69 Å². The first-order chi connectivity index (χ1) is 8.22. The minimum absolute atomic E-state index is 0.0350. The molecular weight excluding hydrogens is 214 g/mol. The van der Waals surface area contributed by atoms with Gasteiger partial charge in [-0.05, 0) is 23.3 Å². The summed E-state index contributed by atoms with van der Waals surface area (Å²) in [6.07, 6.45) is 5.28. The molecule has 2 aromatic rings. The fourth-order valence-electron chi connectivity index (χ4n) is 1.62. The lowest BCUT2D eigenvalue weighted by Crippen LogP contribution is -1.92. The van der Waals surface area contributed by atoms with Crippen LogP contribution in [-0.2, 0) is 0 Å². The highest BCUT2D eigenvalue weighted by atomic mass is 16.6. The van der Waals surface area contributed by atoms with E-state index < -0.39 is 4.92 Å². The lowest BCUT2D eigenvalue weighted by Gasteiger charge is -2.02. The molecule has 0 bridgehead atoms. The summed E-state index contributed by atoms with van der Waals surface area (Å²) in [5.74, 6) is 2.35. The van der Waals surface area contributed by atoms with Gasteiger partial charge in [0.2, 0.25) is 0 Å². The zero-order chi connectivity index (χ0) is 12.3. The summed E-state index contributed by atoms with van der Waals surface area (Å²) in [4.78, 5) is 10.3. The van der Waals surface area contributed by atoms with Gasteiger partial charge in [-0.2, -0.15) is 0 Å².